The highest BCUT2D eigenvalue weighted by Gasteiger charge is 2.09. The average Bonchev–Trinajstić information content (AvgIpc) is 2.90. The van der Waals surface area contributed by atoms with E-state index in [1.807, 2.05) is 17.5 Å². The van der Waals surface area contributed by atoms with Crippen LogP contribution in [0.3, 0.4) is 0 Å². The molecule has 0 unspecified atom stereocenters. The molecule has 0 bridgehead atoms. The van der Waals surface area contributed by atoms with Crippen LogP contribution in [0.2, 0.25) is 0 Å². The quantitative estimate of drug-likeness (QED) is 0.793. The molecule has 0 radical (unpaired) electrons. The Bertz CT molecular complexity index is 591. The lowest BCUT2D eigenvalue weighted by Gasteiger charge is -2.04. The van der Waals surface area contributed by atoms with Crippen molar-refractivity contribution in [3.05, 3.63) is 40.9 Å². The van der Waals surface area contributed by atoms with E-state index < -0.39 is 0 Å². The molecule has 1 aromatic carbocycles. The maximum atomic E-state index is 12.0. The number of thioether (sulfide) groups is 1. The van der Waals surface area contributed by atoms with Gasteiger partial charge in [-0.05, 0) is 29.4 Å². The van der Waals surface area contributed by atoms with Crippen molar-refractivity contribution in [3.63, 3.8) is 0 Å². The van der Waals surface area contributed by atoms with Crippen molar-refractivity contribution in [2.24, 2.45) is 0 Å². The molecular weight excluding hydrogens is 300 g/mol. The van der Waals surface area contributed by atoms with Gasteiger partial charge in [0.05, 0.1) is 12.1 Å². The first-order valence-electron chi connectivity index (χ1n) is 7.05. The molecule has 0 spiro atoms. The van der Waals surface area contributed by atoms with E-state index in [0.29, 0.717) is 17.5 Å². The van der Waals surface area contributed by atoms with Crippen LogP contribution in [-0.4, -0.2) is 16.6 Å². The highest BCUT2D eigenvalue weighted by atomic mass is 32.2. The standard InChI is InChI=1S/C16H20N2OS2/c1-4-20-13-7-5-12(6-8-13)9-15(19)18-16-17-14(10-21-16)11(2)3/h5-8,10-11H,4,9H2,1-3H3,(H,17,18,19). The first-order valence-corrected chi connectivity index (χ1v) is 8.92. The molecule has 1 amide bonds. The maximum absolute atomic E-state index is 12.0. The van der Waals surface area contributed by atoms with Gasteiger partial charge in [0.2, 0.25) is 5.91 Å². The third-order valence-corrected chi connectivity index (χ3v) is 4.63. The first-order chi connectivity index (χ1) is 10.1. The van der Waals surface area contributed by atoms with Crippen molar-refractivity contribution in [2.75, 3.05) is 11.1 Å². The van der Waals surface area contributed by atoms with E-state index >= 15 is 0 Å². The summed E-state index contributed by atoms with van der Waals surface area (Å²) < 4.78 is 0. The van der Waals surface area contributed by atoms with Gasteiger partial charge in [0, 0.05) is 10.3 Å². The first kappa shape index (κ1) is 16.0. The summed E-state index contributed by atoms with van der Waals surface area (Å²) in [6.45, 7) is 6.32. The molecule has 0 fully saturated rings. The van der Waals surface area contributed by atoms with Crippen molar-refractivity contribution in [1.82, 2.24) is 4.98 Å². The molecule has 1 aromatic heterocycles. The lowest BCUT2D eigenvalue weighted by molar-refractivity contribution is -0.115. The molecule has 0 saturated heterocycles. The van der Waals surface area contributed by atoms with Gasteiger partial charge in [-0.25, -0.2) is 4.98 Å². The van der Waals surface area contributed by atoms with Gasteiger partial charge in [-0.1, -0.05) is 32.9 Å². The van der Waals surface area contributed by atoms with Gasteiger partial charge >= 0.3 is 0 Å². The van der Waals surface area contributed by atoms with Crippen molar-refractivity contribution < 1.29 is 4.79 Å². The van der Waals surface area contributed by atoms with Crippen LogP contribution in [-0.2, 0) is 11.2 Å². The summed E-state index contributed by atoms with van der Waals surface area (Å²) in [6.07, 6.45) is 0.383. The van der Waals surface area contributed by atoms with Crippen LogP contribution >= 0.6 is 23.1 Å². The summed E-state index contributed by atoms with van der Waals surface area (Å²) in [7, 11) is 0. The largest absolute Gasteiger partial charge is 0.302 e. The second-order valence-corrected chi connectivity index (χ2v) is 7.23. The third-order valence-electron chi connectivity index (χ3n) is 2.96. The van der Waals surface area contributed by atoms with E-state index in [2.05, 4.69) is 43.2 Å². The number of thiazole rings is 1. The van der Waals surface area contributed by atoms with Crippen molar-refractivity contribution in [2.45, 2.75) is 38.0 Å². The fourth-order valence-electron chi connectivity index (χ4n) is 1.83. The Balaban J connectivity index is 1.91. The van der Waals surface area contributed by atoms with Crippen molar-refractivity contribution in [1.29, 1.82) is 0 Å². The molecule has 2 rings (SSSR count). The van der Waals surface area contributed by atoms with Gasteiger partial charge < -0.3 is 5.32 Å². The van der Waals surface area contributed by atoms with Crippen LogP contribution in [0.5, 0.6) is 0 Å². The smallest absolute Gasteiger partial charge is 0.230 e. The summed E-state index contributed by atoms with van der Waals surface area (Å²) in [6, 6.07) is 8.16. The lowest BCUT2D eigenvalue weighted by Crippen LogP contribution is -2.14. The number of rotatable bonds is 6. The number of nitrogens with one attached hydrogen (secondary N) is 1. The van der Waals surface area contributed by atoms with Gasteiger partial charge in [-0.3, -0.25) is 4.79 Å². The number of hydrogen-bond acceptors (Lipinski definition) is 4. The third kappa shape index (κ3) is 4.86. The zero-order chi connectivity index (χ0) is 15.2. The van der Waals surface area contributed by atoms with Gasteiger partial charge in [0.1, 0.15) is 0 Å². The molecule has 1 N–H and O–H groups in total. The summed E-state index contributed by atoms with van der Waals surface area (Å²) in [5.41, 5.74) is 2.05. The van der Waals surface area contributed by atoms with Crippen LogP contribution in [0.15, 0.2) is 34.5 Å². The molecular formula is C16H20N2OS2. The SMILES string of the molecule is CCSc1ccc(CC(=O)Nc2nc(C(C)C)cs2)cc1. The molecule has 2 aromatic rings. The monoisotopic (exact) mass is 320 g/mol. The Kier molecular flexibility index (Phi) is 5.82. The van der Waals surface area contributed by atoms with Crippen molar-refractivity contribution >= 4 is 34.1 Å². The van der Waals surface area contributed by atoms with Crippen LogP contribution in [0, 0.1) is 0 Å². The Morgan fingerprint density at radius 1 is 1.33 bits per heavy atom. The summed E-state index contributed by atoms with van der Waals surface area (Å²) in [5.74, 6) is 1.42. The van der Waals surface area contributed by atoms with Crippen molar-refractivity contribution in [3.8, 4) is 0 Å². The van der Waals surface area contributed by atoms with Gasteiger partial charge in [0.25, 0.3) is 0 Å². The number of anilines is 1. The van der Waals surface area contributed by atoms with E-state index in [4.69, 9.17) is 0 Å². The zero-order valence-electron chi connectivity index (χ0n) is 12.6. The fourth-order valence-corrected chi connectivity index (χ4v) is 3.38. The predicted octanol–water partition coefficient (Wildman–Crippen LogP) is 4.56. The van der Waals surface area contributed by atoms with E-state index in [1.54, 1.807) is 11.8 Å². The molecule has 1 heterocycles. The van der Waals surface area contributed by atoms with Crippen LogP contribution in [0.4, 0.5) is 5.13 Å². The minimum absolute atomic E-state index is 0.0180. The molecule has 3 nitrogen and oxygen atoms in total. The Morgan fingerprint density at radius 2 is 2.05 bits per heavy atom. The molecule has 21 heavy (non-hydrogen) atoms. The minimum atomic E-state index is -0.0180. The number of nitrogens with zero attached hydrogens (tertiary/aromatic N) is 1. The number of hydrogen-bond donors (Lipinski definition) is 1. The molecule has 0 atom stereocenters. The van der Waals surface area contributed by atoms with Gasteiger partial charge in [-0.2, -0.15) is 0 Å². The Morgan fingerprint density at radius 3 is 2.62 bits per heavy atom. The Labute approximate surface area is 134 Å². The molecule has 5 heteroatoms. The summed E-state index contributed by atoms with van der Waals surface area (Å²) in [5, 5.41) is 5.55. The van der Waals surface area contributed by atoms with Gasteiger partial charge in [0.15, 0.2) is 5.13 Å². The fraction of sp³-hybridized carbons (Fsp3) is 0.375. The lowest BCUT2D eigenvalue weighted by atomic mass is 10.1. The normalized spacial score (nSPS) is 10.9. The van der Waals surface area contributed by atoms with E-state index in [1.165, 1.54) is 16.2 Å². The number of aromatic nitrogens is 1. The number of amides is 1. The van der Waals surface area contributed by atoms with Gasteiger partial charge in [-0.15, -0.1) is 23.1 Å². The van der Waals surface area contributed by atoms with E-state index in [-0.39, 0.29) is 5.91 Å². The topological polar surface area (TPSA) is 42.0 Å². The Hall–Kier alpha value is -1.33. The number of carbonyl (C=O) groups excluding carboxylic acids is 1. The minimum Gasteiger partial charge on any atom is -0.302 e. The average molecular weight is 320 g/mol. The second-order valence-electron chi connectivity index (χ2n) is 5.03. The maximum Gasteiger partial charge on any atom is 0.230 e. The molecule has 0 aliphatic rings. The molecule has 0 aliphatic heterocycles. The van der Waals surface area contributed by atoms with E-state index in [9.17, 15) is 4.79 Å². The number of carbonyl (C=O) groups is 1. The highest BCUT2D eigenvalue weighted by molar-refractivity contribution is 7.99. The molecule has 112 valence electrons. The summed E-state index contributed by atoms with van der Waals surface area (Å²) in [4.78, 5) is 17.7. The number of benzene rings is 1. The summed E-state index contributed by atoms with van der Waals surface area (Å²) >= 11 is 3.28. The van der Waals surface area contributed by atoms with Crippen LogP contribution in [0.25, 0.3) is 0 Å². The van der Waals surface area contributed by atoms with Crippen LogP contribution in [0.1, 0.15) is 37.9 Å². The van der Waals surface area contributed by atoms with E-state index in [0.717, 1.165) is 17.0 Å². The molecule has 0 saturated carbocycles. The predicted molar refractivity (Wildman–Crippen MR) is 91.4 cm³/mol. The second kappa shape index (κ2) is 7.61. The van der Waals surface area contributed by atoms with Crippen LogP contribution < -0.4 is 5.32 Å². The zero-order valence-corrected chi connectivity index (χ0v) is 14.2. The highest BCUT2D eigenvalue weighted by Crippen LogP contribution is 2.22. The molecule has 0 aliphatic carbocycles.